The lowest BCUT2D eigenvalue weighted by Crippen LogP contribution is -2.51. The molecule has 1 aliphatic heterocycles. The van der Waals surface area contributed by atoms with Crippen LogP contribution in [0.4, 0.5) is 0 Å². The van der Waals surface area contributed by atoms with Crippen LogP contribution in [-0.2, 0) is 11.3 Å². The quantitative estimate of drug-likeness (QED) is 0.906. The van der Waals surface area contributed by atoms with Crippen LogP contribution < -0.4 is 10.1 Å². The van der Waals surface area contributed by atoms with E-state index < -0.39 is 0 Å². The van der Waals surface area contributed by atoms with Crippen molar-refractivity contribution in [1.82, 2.24) is 14.9 Å². The molecular formula is C19H25N3O3. The molecule has 6 nitrogen and oxygen atoms in total. The molecule has 1 amide bonds. The largest absolute Gasteiger partial charge is 0.470 e. The van der Waals surface area contributed by atoms with Crippen LogP contribution in [0, 0.1) is 13.8 Å². The van der Waals surface area contributed by atoms with Crippen LogP contribution in [-0.4, -0.2) is 40.8 Å². The van der Waals surface area contributed by atoms with Crippen LogP contribution in [0.3, 0.4) is 0 Å². The molecule has 0 spiro atoms. The lowest BCUT2D eigenvalue weighted by molar-refractivity contribution is -0.0153. The van der Waals surface area contributed by atoms with E-state index in [4.69, 9.17) is 9.47 Å². The summed E-state index contributed by atoms with van der Waals surface area (Å²) in [4.78, 5) is 17.0. The van der Waals surface area contributed by atoms with Crippen molar-refractivity contribution in [3.05, 3.63) is 47.4 Å². The van der Waals surface area contributed by atoms with Gasteiger partial charge in [-0.25, -0.2) is 4.98 Å². The molecule has 0 radical (unpaired) electrons. The van der Waals surface area contributed by atoms with E-state index in [9.17, 15) is 4.79 Å². The molecule has 0 unspecified atom stereocenters. The predicted octanol–water partition coefficient (Wildman–Crippen LogP) is 2.49. The fourth-order valence-electron chi connectivity index (χ4n) is 3.33. The van der Waals surface area contributed by atoms with Crippen molar-refractivity contribution in [3.8, 4) is 5.88 Å². The second-order valence-corrected chi connectivity index (χ2v) is 6.30. The molecule has 1 saturated heterocycles. The molecule has 0 aromatic carbocycles. The lowest BCUT2D eigenvalue weighted by Gasteiger charge is -2.32. The SMILES string of the molecule is CCn1c(C)cc(C(=O)N[C@@H]2CCOC[C@H]2Oc2ccccn2)c1C. The molecule has 134 valence electrons. The third kappa shape index (κ3) is 3.85. The number of aryl methyl sites for hydroxylation is 1. The van der Waals surface area contributed by atoms with Gasteiger partial charge in [0.15, 0.2) is 0 Å². The first-order valence-electron chi connectivity index (χ1n) is 8.73. The molecule has 0 saturated carbocycles. The number of rotatable bonds is 5. The number of amides is 1. The number of carbonyl (C=O) groups is 1. The average Bonchev–Trinajstić information content (AvgIpc) is 2.91. The van der Waals surface area contributed by atoms with E-state index in [0.29, 0.717) is 19.1 Å². The van der Waals surface area contributed by atoms with Crippen LogP contribution >= 0.6 is 0 Å². The Balaban J connectivity index is 1.72. The number of ether oxygens (including phenoxy) is 2. The number of pyridine rings is 1. The van der Waals surface area contributed by atoms with Gasteiger partial charge in [0.25, 0.3) is 5.91 Å². The number of carbonyl (C=O) groups excluding carboxylic acids is 1. The smallest absolute Gasteiger partial charge is 0.253 e. The third-order valence-electron chi connectivity index (χ3n) is 4.66. The second-order valence-electron chi connectivity index (χ2n) is 6.30. The molecular weight excluding hydrogens is 318 g/mol. The fourth-order valence-corrected chi connectivity index (χ4v) is 3.33. The Bertz CT molecular complexity index is 727. The summed E-state index contributed by atoms with van der Waals surface area (Å²) in [7, 11) is 0. The molecule has 1 N–H and O–H groups in total. The van der Waals surface area contributed by atoms with E-state index >= 15 is 0 Å². The van der Waals surface area contributed by atoms with Gasteiger partial charge in [-0.15, -0.1) is 0 Å². The van der Waals surface area contributed by atoms with Gasteiger partial charge in [-0.05, 0) is 39.3 Å². The predicted molar refractivity (Wildman–Crippen MR) is 94.9 cm³/mol. The summed E-state index contributed by atoms with van der Waals surface area (Å²) in [5.74, 6) is 0.482. The number of aromatic nitrogens is 2. The Labute approximate surface area is 148 Å². The van der Waals surface area contributed by atoms with Crippen molar-refractivity contribution in [2.45, 2.75) is 45.9 Å². The van der Waals surface area contributed by atoms with Crippen LogP contribution in [0.2, 0.25) is 0 Å². The fraction of sp³-hybridized carbons (Fsp3) is 0.474. The molecule has 1 aliphatic rings. The molecule has 3 heterocycles. The van der Waals surface area contributed by atoms with Gasteiger partial charge < -0.3 is 19.4 Å². The summed E-state index contributed by atoms with van der Waals surface area (Å²) < 4.78 is 13.6. The maximum atomic E-state index is 12.8. The first-order valence-corrected chi connectivity index (χ1v) is 8.73. The van der Waals surface area contributed by atoms with Gasteiger partial charge in [-0.1, -0.05) is 6.07 Å². The molecule has 0 bridgehead atoms. The summed E-state index contributed by atoms with van der Waals surface area (Å²) in [5, 5.41) is 3.13. The van der Waals surface area contributed by atoms with Crippen molar-refractivity contribution in [2.24, 2.45) is 0 Å². The molecule has 3 rings (SSSR count). The van der Waals surface area contributed by atoms with Gasteiger partial charge in [0.05, 0.1) is 18.2 Å². The lowest BCUT2D eigenvalue weighted by atomic mass is 10.1. The van der Waals surface area contributed by atoms with Gasteiger partial charge in [0.2, 0.25) is 5.88 Å². The van der Waals surface area contributed by atoms with Gasteiger partial charge >= 0.3 is 0 Å². The highest BCUT2D eigenvalue weighted by Gasteiger charge is 2.30. The molecule has 2 atom stereocenters. The summed E-state index contributed by atoms with van der Waals surface area (Å²) >= 11 is 0. The summed E-state index contributed by atoms with van der Waals surface area (Å²) in [6.45, 7) is 7.99. The maximum absolute atomic E-state index is 12.8. The minimum Gasteiger partial charge on any atom is -0.470 e. The van der Waals surface area contributed by atoms with E-state index in [-0.39, 0.29) is 18.1 Å². The Morgan fingerprint density at radius 1 is 1.44 bits per heavy atom. The van der Waals surface area contributed by atoms with Crippen molar-refractivity contribution >= 4 is 5.91 Å². The number of hydrogen-bond donors (Lipinski definition) is 1. The highest BCUT2D eigenvalue weighted by molar-refractivity contribution is 5.96. The summed E-state index contributed by atoms with van der Waals surface area (Å²) in [6, 6.07) is 7.37. The van der Waals surface area contributed by atoms with E-state index in [2.05, 4.69) is 21.8 Å². The minimum atomic E-state index is -0.248. The second kappa shape index (κ2) is 7.70. The molecule has 6 heteroatoms. The van der Waals surface area contributed by atoms with E-state index in [1.165, 1.54) is 0 Å². The zero-order chi connectivity index (χ0) is 17.8. The number of nitrogens with zero attached hydrogens (tertiary/aromatic N) is 2. The van der Waals surface area contributed by atoms with E-state index in [1.54, 1.807) is 6.20 Å². The highest BCUT2D eigenvalue weighted by atomic mass is 16.5. The normalized spacial score (nSPS) is 20.3. The number of nitrogens with one attached hydrogen (secondary N) is 1. The van der Waals surface area contributed by atoms with Crippen LogP contribution in [0.15, 0.2) is 30.5 Å². The number of hydrogen-bond acceptors (Lipinski definition) is 4. The Kier molecular flexibility index (Phi) is 5.38. The van der Waals surface area contributed by atoms with Gasteiger partial charge in [0, 0.05) is 36.8 Å². The van der Waals surface area contributed by atoms with E-state index in [1.807, 2.05) is 38.1 Å². The van der Waals surface area contributed by atoms with Crippen molar-refractivity contribution in [1.29, 1.82) is 0 Å². The highest BCUT2D eigenvalue weighted by Crippen LogP contribution is 2.18. The molecule has 0 aliphatic carbocycles. The maximum Gasteiger partial charge on any atom is 0.253 e. The minimum absolute atomic E-state index is 0.0608. The molecule has 2 aromatic heterocycles. The van der Waals surface area contributed by atoms with Gasteiger partial charge in [-0.3, -0.25) is 4.79 Å². The van der Waals surface area contributed by atoms with Crippen LogP contribution in [0.25, 0.3) is 0 Å². The van der Waals surface area contributed by atoms with Crippen molar-refractivity contribution < 1.29 is 14.3 Å². The van der Waals surface area contributed by atoms with E-state index in [0.717, 1.165) is 29.9 Å². The Morgan fingerprint density at radius 2 is 2.28 bits per heavy atom. The monoisotopic (exact) mass is 343 g/mol. The zero-order valence-electron chi connectivity index (χ0n) is 15.0. The van der Waals surface area contributed by atoms with Crippen LogP contribution in [0.1, 0.15) is 35.1 Å². The summed E-state index contributed by atoms with van der Waals surface area (Å²) in [5.41, 5.74) is 2.81. The Hall–Kier alpha value is -2.34. The standard InChI is InChI=1S/C19H25N3O3/c1-4-22-13(2)11-15(14(22)3)19(23)21-16-8-10-24-12-17(16)25-18-7-5-6-9-20-18/h5-7,9,11,16-17H,4,8,10,12H2,1-3H3,(H,21,23)/t16-,17-/m1/s1. The molecule has 2 aromatic rings. The summed E-state index contributed by atoms with van der Waals surface area (Å²) in [6.07, 6.45) is 2.16. The first-order chi connectivity index (χ1) is 12.1. The average molecular weight is 343 g/mol. The molecule has 25 heavy (non-hydrogen) atoms. The van der Waals surface area contributed by atoms with Gasteiger partial charge in [-0.2, -0.15) is 0 Å². The van der Waals surface area contributed by atoms with Crippen molar-refractivity contribution in [3.63, 3.8) is 0 Å². The third-order valence-corrected chi connectivity index (χ3v) is 4.66. The topological polar surface area (TPSA) is 65.4 Å². The van der Waals surface area contributed by atoms with Gasteiger partial charge in [0.1, 0.15) is 6.10 Å². The zero-order valence-corrected chi connectivity index (χ0v) is 15.0. The van der Waals surface area contributed by atoms with Crippen LogP contribution in [0.5, 0.6) is 5.88 Å². The Morgan fingerprint density at radius 3 is 2.96 bits per heavy atom. The molecule has 1 fully saturated rings. The first kappa shape index (κ1) is 17.5. The van der Waals surface area contributed by atoms with Crippen molar-refractivity contribution in [2.75, 3.05) is 13.2 Å².